The monoisotopic (exact) mass is 322 g/mol. The highest BCUT2D eigenvalue weighted by Crippen LogP contribution is 2.29. The molecule has 3 heteroatoms. The molecule has 0 spiro atoms. The van der Waals surface area contributed by atoms with Gasteiger partial charge >= 0.3 is 5.96 Å². The third-order valence-corrected chi connectivity index (χ3v) is 4.99. The summed E-state index contributed by atoms with van der Waals surface area (Å²) in [7, 11) is 4.30. The van der Waals surface area contributed by atoms with Crippen molar-refractivity contribution in [3.8, 4) is 0 Å². The molecule has 1 fully saturated rings. The van der Waals surface area contributed by atoms with Crippen LogP contribution >= 0.6 is 0 Å². The summed E-state index contributed by atoms with van der Waals surface area (Å²) < 4.78 is 2.26. The predicted molar refractivity (Wildman–Crippen MR) is 100 cm³/mol. The highest BCUT2D eigenvalue weighted by Gasteiger charge is 2.41. The largest absolute Gasteiger partial charge is 0.351 e. The Morgan fingerprint density at radius 2 is 1.08 bits per heavy atom. The Morgan fingerprint density at radius 3 is 1.42 bits per heavy atom. The molecule has 2 aromatic carbocycles. The summed E-state index contributed by atoms with van der Waals surface area (Å²) in [5.41, 5.74) is 2.73. The number of hydrogen-bond donors (Lipinski definition) is 0. The van der Waals surface area contributed by atoms with Crippen molar-refractivity contribution in [1.82, 2.24) is 9.80 Å². The Kier molecular flexibility index (Phi) is 4.89. The lowest BCUT2D eigenvalue weighted by Gasteiger charge is -2.26. The Hall–Kier alpha value is -2.29. The fourth-order valence-corrected chi connectivity index (χ4v) is 3.65. The van der Waals surface area contributed by atoms with Crippen LogP contribution in [0.25, 0.3) is 0 Å². The van der Waals surface area contributed by atoms with Gasteiger partial charge in [-0.1, -0.05) is 60.7 Å². The Balaban J connectivity index is 1.88. The third kappa shape index (κ3) is 3.16. The maximum absolute atomic E-state index is 2.52. The lowest BCUT2D eigenvalue weighted by molar-refractivity contribution is -0.475. The van der Waals surface area contributed by atoms with Crippen LogP contribution in [-0.2, 0) is 0 Å². The molecule has 0 aromatic heterocycles. The van der Waals surface area contributed by atoms with Crippen molar-refractivity contribution in [2.24, 2.45) is 0 Å². The molecule has 0 amide bonds. The van der Waals surface area contributed by atoms with E-state index < -0.39 is 0 Å². The fourth-order valence-electron chi connectivity index (χ4n) is 3.65. The van der Waals surface area contributed by atoms with Gasteiger partial charge in [-0.05, 0) is 25.0 Å². The second-order valence-corrected chi connectivity index (χ2v) is 6.75. The summed E-state index contributed by atoms with van der Waals surface area (Å²) in [6, 6.07) is 22.3. The lowest BCUT2D eigenvalue weighted by Crippen LogP contribution is -2.41. The molecular formula is C21H28N3+. The summed E-state index contributed by atoms with van der Waals surface area (Å²) in [5.74, 6) is 1.31. The maximum atomic E-state index is 2.52. The maximum Gasteiger partial charge on any atom is 0.351 e. The minimum Gasteiger partial charge on any atom is -0.270 e. The molecule has 3 nitrogen and oxygen atoms in total. The number of benzene rings is 2. The van der Waals surface area contributed by atoms with E-state index in [0.29, 0.717) is 12.1 Å². The van der Waals surface area contributed by atoms with Gasteiger partial charge in [0, 0.05) is 0 Å². The van der Waals surface area contributed by atoms with E-state index in [2.05, 4.69) is 103 Å². The molecule has 24 heavy (non-hydrogen) atoms. The van der Waals surface area contributed by atoms with Gasteiger partial charge in [0.2, 0.25) is 0 Å². The molecule has 0 unspecified atom stereocenters. The highest BCUT2D eigenvalue weighted by atomic mass is 15.5. The van der Waals surface area contributed by atoms with Crippen LogP contribution in [0.4, 0.5) is 0 Å². The molecule has 2 aromatic rings. The van der Waals surface area contributed by atoms with Gasteiger partial charge in [0.15, 0.2) is 0 Å². The Morgan fingerprint density at radius 1 is 0.708 bits per heavy atom. The first-order valence-electron chi connectivity index (χ1n) is 8.77. The fraction of sp³-hybridized carbons (Fsp3) is 0.381. The zero-order chi connectivity index (χ0) is 17.1. The van der Waals surface area contributed by atoms with E-state index in [1.165, 1.54) is 17.1 Å². The van der Waals surface area contributed by atoms with Gasteiger partial charge in [0.1, 0.15) is 0 Å². The van der Waals surface area contributed by atoms with Gasteiger partial charge in [0.25, 0.3) is 0 Å². The Labute approximate surface area is 145 Å². The van der Waals surface area contributed by atoms with Crippen molar-refractivity contribution in [3.05, 3.63) is 71.8 Å². The van der Waals surface area contributed by atoms with Crippen LogP contribution in [0.3, 0.4) is 0 Å². The first-order valence-corrected chi connectivity index (χ1v) is 8.77. The molecule has 0 aliphatic carbocycles. The van der Waals surface area contributed by atoms with Crippen molar-refractivity contribution >= 4 is 5.96 Å². The summed E-state index contributed by atoms with van der Waals surface area (Å²) in [5, 5.41) is 0. The zero-order valence-corrected chi connectivity index (χ0v) is 15.2. The van der Waals surface area contributed by atoms with Crippen LogP contribution in [0, 0.1) is 0 Å². The van der Waals surface area contributed by atoms with E-state index >= 15 is 0 Å². The molecule has 126 valence electrons. The van der Waals surface area contributed by atoms with E-state index in [1.807, 2.05) is 0 Å². The van der Waals surface area contributed by atoms with Gasteiger partial charge in [-0.2, -0.15) is 0 Å². The summed E-state index contributed by atoms with van der Waals surface area (Å²) in [6.45, 7) is 6.71. The molecule has 1 heterocycles. The van der Waals surface area contributed by atoms with Crippen molar-refractivity contribution in [1.29, 1.82) is 0 Å². The first-order chi connectivity index (χ1) is 11.6. The van der Waals surface area contributed by atoms with Crippen molar-refractivity contribution in [2.75, 3.05) is 27.2 Å². The minimum atomic E-state index is 0.372. The van der Waals surface area contributed by atoms with Gasteiger partial charge < -0.3 is 0 Å². The first kappa shape index (κ1) is 16.6. The van der Waals surface area contributed by atoms with Crippen LogP contribution in [0.5, 0.6) is 0 Å². The second kappa shape index (κ2) is 7.08. The van der Waals surface area contributed by atoms with Crippen LogP contribution < -0.4 is 0 Å². The molecule has 1 aliphatic heterocycles. The summed E-state index contributed by atoms with van der Waals surface area (Å²) in [6.07, 6.45) is 0. The Bertz CT molecular complexity index is 634. The molecule has 0 N–H and O–H groups in total. The standard InChI is InChI=1S/C21H28N3/c1-17(19-11-7-5-8-12-19)23-15-16-24(21(23)22(3)4)18(2)20-13-9-6-10-14-20/h5-14,17-18H,15-16H2,1-4H3/q+1/t17-,18-/m0/s1. The summed E-state index contributed by atoms with van der Waals surface area (Å²) >= 11 is 0. The van der Waals surface area contributed by atoms with Crippen molar-refractivity contribution < 1.29 is 4.58 Å². The number of hydrogen-bond acceptors (Lipinski definition) is 0. The van der Waals surface area contributed by atoms with Crippen LogP contribution in [0.1, 0.15) is 37.1 Å². The van der Waals surface area contributed by atoms with Crippen LogP contribution in [-0.4, -0.2) is 47.5 Å². The third-order valence-electron chi connectivity index (χ3n) is 4.99. The molecular weight excluding hydrogens is 294 g/mol. The lowest BCUT2D eigenvalue weighted by atomic mass is 10.1. The van der Waals surface area contributed by atoms with E-state index in [4.69, 9.17) is 0 Å². The quantitative estimate of drug-likeness (QED) is 0.793. The molecule has 0 radical (unpaired) electrons. The number of guanidine groups is 1. The van der Waals surface area contributed by atoms with Crippen molar-refractivity contribution in [2.45, 2.75) is 25.9 Å². The molecule has 1 aliphatic rings. The molecule has 3 rings (SSSR count). The topological polar surface area (TPSA) is 9.49 Å². The van der Waals surface area contributed by atoms with E-state index in [9.17, 15) is 0 Å². The molecule has 1 saturated heterocycles. The van der Waals surface area contributed by atoms with Gasteiger partial charge in [-0.25, -0.2) is 0 Å². The number of rotatable bonds is 4. The van der Waals surface area contributed by atoms with Crippen molar-refractivity contribution in [3.63, 3.8) is 0 Å². The smallest absolute Gasteiger partial charge is 0.270 e. The van der Waals surface area contributed by atoms with Crippen LogP contribution in [0.15, 0.2) is 60.7 Å². The zero-order valence-electron chi connectivity index (χ0n) is 15.2. The molecule has 2 atom stereocenters. The molecule has 0 bridgehead atoms. The van der Waals surface area contributed by atoms with Gasteiger partial charge in [-0.3, -0.25) is 14.4 Å². The predicted octanol–water partition coefficient (Wildman–Crippen LogP) is 3.75. The van der Waals surface area contributed by atoms with E-state index in [1.54, 1.807) is 0 Å². The van der Waals surface area contributed by atoms with Gasteiger partial charge in [0.05, 0.1) is 39.3 Å². The van der Waals surface area contributed by atoms with Crippen LogP contribution in [0.2, 0.25) is 0 Å². The average molecular weight is 322 g/mol. The van der Waals surface area contributed by atoms with Gasteiger partial charge in [-0.15, -0.1) is 0 Å². The number of nitrogens with zero attached hydrogens (tertiary/aromatic N) is 3. The SMILES string of the molecule is C[C@@H](c1ccccc1)N1CCN([C@@H](C)c2ccccc2)C1=[N+](C)C. The van der Waals surface area contributed by atoms with E-state index in [-0.39, 0.29) is 0 Å². The summed E-state index contributed by atoms with van der Waals surface area (Å²) in [4.78, 5) is 5.05. The molecule has 0 saturated carbocycles. The van der Waals surface area contributed by atoms with E-state index in [0.717, 1.165) is 13.1 Å². The minimum absolute atomic E-state index is 0.372. The highest BCUT2D eigenvalue weighted by molar-refractivity contribution is 5.78. The normalized spacial score (nSPS) is 17.1. The second-order valence-electron chi connectivity index (χ2n) is 6.75. The average Bonchev–Trinajstić information content (AvgIpc) is 3.07.